The maximum atomic E-state index is 12.8. The zero-order valence-electron chi connectivity index (χ0n) is 14.1. The highest BCUT2D eigenvalue weighted by Gasteiger charge is 2.44. The molecule has 24 heavy (non-hydrogen) atoms. The van der Waals surface area contributed by atoms with Crippen LogP contribution in [-0.4, -0.2) is 38.2 Å². The second-order valence-corrected chi connectivity index (χ2v) is 6.81. The fraction of sp³-hybridized carbons (Fsp3) is 0.529. The van der Waals surface area contributed by atoms with E-state index < -0.39 is 5.54 Å². The average molecular weight is 447 g/mol. The number of carbonyl (C=O) groups is 2. The lowest BCUT2D eigenvalue weighted by molar-refractivity contribution is -0.150. The van der Waals surface area contributed by atoms with Crippen molar-refractivity contribution in [3.8, 4) is 11.5 Å². The zero-order valence-corrected chi connectivity index (χ0v) is 16.3. The van der Waals surface area contributed by atoms with Crippen molar-refractivity contribution in [2.75, 3.05) is 20.8 Å². The predicted octanol–water partition coefficient (Wildman–Crippen LogP) is 2.91. The van der Waals surface area contributed by atoms with E-state index in [2.05, 4.69) is 27.9 Å². The summed E-state index contributed by atoms with van der Waals surface area (Å²) in [6, 6.07) is 3.36. The summed E-state index contributed by atoms with van der Waals surface area (Å²) < 4.78 is 16.4. The molecule has 132 valence electrons. The van der Waals surface area contributed by atoms with Gasteiger partial charge >= 0.3 is 5.97 Å². The molecule has 1 fully saturated rings. The molecule has 1 aromatic carbocycles. The van der Waals surface area contributed by atoms with Gasteiger partial charge in [0.2, 0.25) is 0 Å². The maximum Gasteiger partial charge on any atom is 0.331 e. The number of rotatable bonds is 6. The monoisotopic (exact) mass is 447 g/mol. The molecule has 0 atom stereocenters. The Kier molecular flexibility index (Phi) is 6.31. The van der Waals surface area contributed by atoms with E-state index in [-0.39, 0.29) is 11.9 Å². The van der Waals surface area contributed by atoms with Gasteiger partial charge in [0.05, 0.1) is 26.4 Å². The summed E-state index contributed by atoms with van der Waals surface area (Å²) in [4.78, 5) is 25.1. The summed E-state index contributed by atoms with van der Waals surface area (Å²) in [6.07, 6.45) is 2.98. The van der Waals surface area contributed by atoms with Crippen LogP contribution in [0.25, 0.3) is 0 Å². The number of carbonyl (C=O) groups excluding carboxylic acids is 2. The summed E-state index contributed by atoms with van der Waals surface area (Å²) in [5.74, 6) is 0.362. The molecule has 0 aromatic heterocycles. The standard InChI is InChI=1S/C17H22INO5/c1-4-24-16(21)17(7-5-6-8-17)19-15(20)11-9-13(22-2)14(23-3)10-12(11)18/h9-10H,4-8H2,1-3H3,(H,19,20). The molecule has 0 radical (unpaired) electrons. The van der Waals surface area contributed by atoms with E-state index in [4.69, 9.17) is 14.2 Å². The van der Waals surface area contributed by atoms with Gasteiger partial charge in [-0.15, -0.1) is 0 Å². The van der Waals surface area contributed by atoms with E-state index in [9.17, 15) is 9.59 Å². The van der Waals surface area contributed by atoms with Crippen LogP contribution in [0.5, 0.6) is 11.5 Å². The van der Waals surface area contributed by atoms with Crippen LogP contribution < -0.4 is 14.8 Å². The van der Waals surface area contributed by atoms with Crippen molar-refractivity contribution in [2.24, 2.45) is 0 Å². The Morgan fingerprint density at radius 1 is 1.17 bits per heavy atom. The Balaban J connectivity index is 2.29. The van der Waals surface area contributed by atoms with Gasteiger partial charge < -0.3 is 19.5 Å². The number of benzene rings is 1. The lowest BCUT2D eigenvalue weighted by Gasteiger charge is -2.28. The van der Waals surface area contributed by atoms with Crippen LogP contribution in [0.1, 0.15) is 43.0 Å². The molecular formula is C17H22INO5. The quantitative estimate of drug-likeness (QED) is 0.537. The predicted molar refractivity (Wildman–Crippen MR) is 97.6 cm³/mol. The summed E-state index contributed by atoms with van der Waals surface area (Å²) in [6.45, 7) is 2.06. The molecule has 1 aromatic rings. The Morgan fingerprint density at radius 3 is 2.29 bits per heavy atom. The second kappa shape index (κ2) is 8.04. The minimum absolute atomic E-state index is 0.296. The van der Waals surface area contributed by atoms with Crippen LogP contribution in [0.2, 0.25) is 0 Å². The molecule has 0 saturated heterocycles. The molecule has 0 bridgehead atoms. The first-order valence-corrected chi connectivity index (χ1v) is 8.96. The van der Waals surface area contributed by atoms with Gasteiger partial charge in [-0.3, -0.25) is 4.79 Å². The van der Waals surface area contributed by atoms with Gasteiger partial charge in [-0.25, -0.2) is 4.79 Å². The van der Waals surface area contributed by atoms with Gasteiger partial charge in [-0.05, 0) is 54.5 Å². The molecule has 1 amide bonds. The van der Waals surface area contributed by atoms with Crippen molar-refractivity contribution >= 4 is 34.5 Å². The van der Waals surface area contributed by atoms with Gasteiger partial charge in [0.1, 0.15) is 5.54 Å². The van der Waals surface area contributed by atoms with Crippen molar-refractivity contribution in [2.45, 2.75) is 38.1 Å². The smallest absolute Gasteiger partial charge is 0.331 e. The van der Waals surface area contributed by atoms with Crippen LogP contribution in [0.15, 0.2) is 12.1 Å². The highest BCUT2D eigenvalue weighted by Crippen LogP contribution is 2.34. The number of hydrogen-bond acceptors (Lipinski definition) is 5. The molecule has 0 spiro atoms. The molecule has 1 N–H and O–H groups in total. The number of nitrogens with one attached hydrogen (secondary N) is 1. The molecule has 0 heterocycles. The molecular weight excluding hydrogens is 425 g/mol. The number of amides is 1. The van der Waals surface area contributed by atoms with Crippen LogP contribution in [0, 0.1) is 3.57 Å². The highest BCUT2D eigenvalue weighted by molar-refractivity contribution is 14.1. The fourth-order valence-electron chi connectivity index (χ4n) is 2.94. The SMILES string of the molecule is CCOC(=O)C1(NC(=O)c2cc(OC)c(OC)cc2I)CCCC1. The molecule has 1 aliphatic carbocycles. The number of ether oxygens (including phenoxy) is 3. The van der Waals surface area contributed by atoms with Gasteiger partial charge in [0.25, 0.3) is 5.91 Å². The normalized spacial score (nSPS) is 15.7. The van der Waals surface area contributed by atoms with Gasteiger partial charge in [0.15, 0.2) is 11.5 Å². The highest BCUT2D eigenvalue weighted by atomic mass is 127. The van der Waals surface area contributed by atoms with Crippen LogP contribution >= 0.6 is 22.6 Å². The van der Waals surface area contributed by atoms with Crippen molar-refractivity contribution < 1.29 is 23.8 Å². The number of methoxy groups -OCH3 is 2. The molecule has 1 saturated carbocycles. The van der Waals surface area contributed by atoms with Gasteiger partial charge in [-0.1, -0.05) is 12.8 Å². The van der Waals surface area contributed by atoms with E-state index in [0.29, 0.717) is 36.5 Å². The molecule has 2 rings (SSSR count). The first-order valence-electron chi connectivity index (χ1n) is 7.88. The maximum absolute atomic E-state index is 12.8. The summed E-state index contributed by atoms with van der Waals surface area (Å²) >= 11 is 2.07. The Labute approximate surface area is 155 Å². The number of hydrogen-bond donors (Lipinski definition) is 1. The van der Waals surface area contributed by atoms with Crippen molar-refractivity contribution in [3.63, 3.8) is 0 Å². The minimum Gasteiger partial charge on any atom is -0.493 e. The molecule has 0 aliphatic heterocycles. The van der Waals surface area contributed by atoms with E-state index >= 15 is 0 Å². The number of halogens is 1. The van der Waals surface area contributed by atoms with Gasteiger partial charge in [-0.2, -0.15) is 0 Å². The number of esters is 1. The fourth-order valence-corrected chi connectivity index (χ4v) is 3.62. The van der Waals surface area contributed by atoms with E-state index in [0.717, 1.165) is 16.4 Å². The van der Waals surface area contributed by atoms with Crippen molar-refractivity contribution in [3.05, 3.63) is 21.3 Å². The van der Waals surface area contributed by atoms with E-state index in [1.807, 2.05) is 0 Å². The molecule has 0 unspecified atom stereocenters. The van der Waals surface area contributed by atoms with Crippen molar-refractivity contribution in [1.29, 1.82) is 0 Å². The Hall–Kier alpha value is -1.51. The summed E-state index contributed by atoms with van der Waals surface area (Å²) in [7, 11) is 3.06. The van der Waals surface area contributed by atoms with Gasteiger partial charge in [0, 0.05) is 3.57 Å². The second-order valence-electron chi connectivity index (χ2n) is 5.65. The average Bonchev–Trinajstić information content (AvgIpc) is 3.04. The topological polar surface area (TPSA) is 73.9 Å². The van der Waals surface area contributed by atoms with E-state index in [1.54, 1.807) is 26.2 Å². The van der Waals surface area contributed by atoms with Crippen LogP contribution in [-0.2, 0) is 9.53 Å². The summed E-state index contributed by atoms with van der Waals surface area (Å²) in [5, 5.41) is 2.91. The van der Waals surface area contributed by atoms with Crippen LogP contribution in [0.4, 0.5) is 0 Å². The molecule has 1 aliphatic rings. The minimum atomic E-state index is -0.927. The Morgan fingerprint density at radius 2 is 1.75 bits per heavy atom. The third kappa shape index (κ3) is 3.76. The Bertz CT molecular complexity index is 626. The summed E-state index contributed by atoms with van der Waals surface area (Å²) in [5.41, 5.74) is -0.479. The largest absolute Gasteiger partial charge is 0.493 e. The first kappa shape index (κ1) is 18.8. The lowest BCUT2D eigenvalue weighted by Crippen LogP contribution is -2.53. The zero-order chi connectivity index (χ0) is 17.7. The third-order valence-electron chi connectivity index (χ3n) is 4.19. The van der Waals surface area contributed by atoms with E-state index in [1.165, 1.54) is 7.11 Å². The van der Waals surface area contributed by atoms with Crippen molar-refractivity contribution in [1.82, 2.24) is 5.32 Å². The third-order valence-corrected chi connectivity index (χ3v) is 5.09. The first-order chi connectivity index (χ1) is 11.5. The van der Waals surface area contributed by atoms with Crippen LogP contribution in [0.3, 0.4) is 0 Å². The molecule has 6 nitrogen and oxygen atoms in total. The lowest BCUT2D eigenvalue weighted by atomic mass is 9.97. The molecule has 7 heteroatoms.